The topological polar surface area (TPSA) is 93.2 Å². The van der Waals surface area contributed by atoms with E-state index in [4.69, 9.17) is 4.74 Å². The second-order valence-electron chi connectivity index (χ2n) is 6.73. The summed E-state index contributed by atoms with van der Waals surface area (Å²) in [6.07, 6.45) is 5.04. The van der Waals surface area contributed by atoms with Crippen molar-refractivity contribution in [2.24, 2.45) is 0 Å². The minimum Gasteiger partial charge on any atom is -0.494 e. The number of nitrogens with zero attached hydrogens (tertiary/aromatic N) is 2. The number of aromatic nitrogens is 2. The van der Waals surface area contributed by atoms with E-state index in [1.807, 2.05) is 30.3 Å². The molecule has 1 fully saturated rings. The summed E-state index contributed by atoms with van der Waals surface area (Å²) in [6, 6.07) is 14.5. The van der Waals surface area contributed by atoms with Crippen LogP contribution in [0, 0.1) is 0 Å². The van der Waals surface area contributed by atoms with E-state index in [9.17, 15) is 9.59 Å². The van der Waals surface area contributed by atoms with Crippen molar-refractivity contribution in [3.05, 3.63) is 72.2 Å². The zero-order chi connectivity index (χ0) is 20.2. The molecule has 1 aliphatic rings. The number of ether oxygens (including phenoxy) is 1. The lowest BCUT2D eigenvalue weighted by atomic mass is 10.1. The van der Waals surface area contributed by atoms with Crippen molar-refractivity contribution in [3.63, 3.8) is 0 Å². The Hall–Kier alpha value is -3.74. The van der Waals surface area contributed by atoms with Gasteiger partial charge in [0, 0.05) is 35.6 Å². The van der Waals surface area contributed by atoms with Crippen molar-refractivity contribution in [3.8, 4) is 17.0 Å². The van der Waals surface area contributed by atoms with E-state index in [2.05, 4.69) is 20.6 Å². The fraction of sp³-hybridized carbons (Fsp3) is 0.182. The molecule has 146 valence electrons. The van der Waals surface area contributed by atoms with Crippen molar-refractivity contribution in [1.29, 1.82) is 0 Å². The van der Waals surface area contributed by atoms with Gasteiger partial charge in [-0.2, -0.15) is 0 Å². The molecule has 1 saturated carbocycles. The summed E-state index contributed by atoms with van der Waals surface area (Å²) in [4.78, 5) is 33.7. The molecule has 0 radical (unpaired) electrons. The number of nitrogens with one attached hydrogen (secondary N) is 2. The van der Waals surface area contributed by atoms with Gasteiger partial charge in [-0.25, -0.2) is 0 Å². The molecule has 0 spiro atoms. The Bertz CT molecular complexity index is 1050. The highest BCUT2D eigenvalue weighted by atomic mass is 16.5. The summed E-state index contributed by atoms with van der Waals surface area (Å²) >= 11 is 0. The summed E-state index contributed by atoms with van der Waals surface area (Å²) in [5.41, 5.74) is 2.45. The van der Waals surface area contributed by atoms with Crippen LogP contribution >= 0.6 is 0 Å². The molecule has 29 heavy (non-hydrogen) atoms. The van der Waals surface area contributed by atoms with E-state index >= 15 is 0 Å². The van der Waals surface area contributed by atoms with Gasteiger partial charge in [0.1, 0.15) is 17.1 Å². The van der Waals surface area contributed by atoms with Gasteiger partial charge in [0.05, 0.1) is 12.8 Å². The maximum Gasteiger partial charge on any atom is 0.270 e. The standard InChI is InChI=1S/C22H20N4O3/c1-29-18-10-12-24-19(14-5-3-2-4-6-14)20(18)26-21(27)15-9-11-23-17(13-15)22(28)25-16-7-8-16/h2-6,9-13,16H,7-8H2,1H3,(H,25,28)(H,26,27). The third kappa shape index (κ3) is 4.24. The van der Waals surface area contributed by atoms with E-state index in [0.29, 0.717) is 22.7 Å². The quantitative estimate of drug-likeness (QED) is 0.676. The zero-order valence-electron chi connectivity index (χ0n) is 15.9. The number of rotatable bonds is 6. The van der Waals surface area contributed by atoms with Crippen molar-refractivity contribution in [2.45, 2.75) is 18.9 Å². The highest BCUT2D eigenvalue weighted by molar-refractivity contribution is 6.08. The third-order valence-electron chi connectivity index (χ3n) is 4.59. The number of hydrogen-bond donors (Lipinski definition) is 2. The maximum atomic E-state index is 12.9. The van der Waals surface area contributed by atoms with Gasteiger partial charge in [-0.05, 0) is 25.0 Å². The van der Waals surface area contributed by atoms with Crippen molar-refractivity contribution >= 4 is 17.5 Å². The summed E-state index contributed by atoms with van der Waals surface area (Å²) in [6.45, 7) is 0. The average molecular weight is 388 g/mol. The van der Waals surface area contributed by atoms with Gasteiger partial charge in [-0.15, -0.1) is 0 Å². The lowest BCUT2D eigenvalue weighted by Gasteiger charge is -2.14. The van der Waals surface area contributed by atoms with Crippen LogP contribution in [0.4, 0.5) is 5.69 Å². The molecular weight excluding hydrogens is 368 g/mol. The average Bonchev–Trinajstić information content (AvgIpc) is 3.58. The molecule has 7 heteroatoms. The Morgan fingerprint density at radius 1 is 1.00 bits per heavy atom. The second-order valence-corrected chi connectivity index (χ2v) is 6.73. The van der Waals surface area contributed by atoms with Crippen molar-refractivity contribution in [2.75, 3.05) is 12.4 Å². The molecule has 2 aromatic heterocycles. The molecule has 0 atom stereocenters. The molecule has 0 saturated heterocycles. The maximum absolute atomic E-state index is 12.9. The Morgan fingerprint density at radius 2 is 1.76 bits per heavy atom. The monoisotopic (exact) mass is 388 g/mol. The molecule has 1 aliphatic carbocycles. The van der Waals surface area contributed by atoms with Crippen LogP contribution < -0.4 is 15.4 Å². The predicted molar refractivity (Wildman–Crippen MR) is 109 cm³/mol. The Morgan fingerprint density at radius 3 is 2.48 bits per heavy atom. The van der Waals surface area contributed by atoms with Gasteiger partial charge in [-0.3, -0.25) is 19.6 Å². The summed E-state index contributed by atoms with van der Waals surface area (Å²) in [7, 11) is 1.53. The number of hydrogen-bond acceptors (Lipinski definition) is 5. The number of anilines is 1. The van der Waals surface area contributed by atoms with Crippen LogP contribution in [0.2, 0.25) is 0 Å². The van der Waals surface area contributed by atoms with E-state index in [-0.39, 0.29) is 23.6 Å². The molecule has 0 bridgehead atoms. The lowest BCUT2D eigenvalue weighted by Crippen LogP contribution is -2.26. The van der Waals surface area contributed by atoms with Crippen molar-refractivity contribution in [1.82, 2.24) is 15.3 Å². The van der Waals surface area contributed by atoms with E-state index < -0.39 is 0 Å². The summed E-state index contributed by atoms with van der Waals surface area (Å²) in [5.74, 6) is -0.157. The Kier molecular flexibility index (Phi) is 5.20. The molecule has 0 aliphatic heterocycles. The minimum absolute atomic E-state index is 0.214. The Labute approximate surface area is 168 Å². The number of methoxy groups -OCH3 is 1. The predicted octanol–water partition coefficient (Wildman–Crippen LogP) is 3.30. The summed E-state index contributed by atoms with van der Waals surface area (Å²) < 4.78 is 5.43. The number of pyridine rings is 2. The number of carbonyl (C=O) groups excluding carboxylic acids is 2. The van der Waals surface area contributed by atoms with Gasteiger partial charge >= 0.3 is 0 Å². The number of carbonyl (C=O) groups is 2. The molecule has 4 rings (SSSR count). The van der Waals surface area contributed by atoms with Crippen molar-refractivity contribution < 1.29 is 14.3 Å². The summed E-state index contributed by atoms with van der Waals surface area (Å²) in [5, 5.41) is 5.75. The fourth-order valence-electron chi connectivity index (χ4n) is 2.92. The van der Waals surface area contributed by atoms with Gasteiger partial charge in [-0.1, -0.05) is 30.3 Å². The fourth-order valence-corrected chi connectivity index (χ4v) is 2.92. The van der Waals surface area contributed by atoms with Crippen LogP contribution in [0.3, 0.4) is 0 Å². The first-order valence-corrected chi connectivity index (χ1v) is 9.32. The molecule has 0 unspecified atom stereocenters. The largest absolute Gasteiger partial charge is 0.494 e. The van der Waals surface area contributed by atoms with Gasteiger partial charge in [0.2, 0.25) is 0 Å². The minimum atomic E-state index is -0.378. The van der Waals surface area contributed by atoms with Crippen LogP contribution in [0.15, 0.2) is 60.9 Å². The molecular formula is C22H20N4O3. The second kappa shape index (κ2) is 8.10. The smallest absolute Gasteiger partial charge is 0.270 e. The van der Waals surface area contributed by atoms with E-state index in [1.165, 1.54) is 19.4 Å². The molecule has 2 heterocycles. The first kappa shape index (κ1) is 18.6. The number of benzene rings is 1. The molecule has 2 amide bonds. The third-order valence-corrected chi connectivity index (χ3v) is 4.59. The van der Waals surface area contributed by atoms with Gasteiger partial charge in [0.25, 0.3) is 11.8 Å². The highest BCUT2D eigenvalue weighted by Crippen LogP contribution is 2.34. The Balaban J connectivity index is 1.62. The van der Waals surface area contributed by atoms with Gasteiger partial charge < -0.3 is 15.4 Å². The molecule has 3 aromatic rings. The SMILES string of the molecule is COc1ccnc(-c2ccccc2)c1NC(=O)c1ccnc(C(=O)NC2CC2)c1. The zero-order valence-corrected chi connectivity index (χ0v) is 15.9. The van der Waals surface area contributed by atoms with Gasteiger partial charge in [0.15, 0.2) is 0 Å². The highest BCUT2D eigenvalue weighted by Gasteiger charge is 2.25. The number of amides is 2. The molecule has 7 nitrogen and oxygen atoms in total. The normalized spacial score (nSPS) is 12.9. The van der Waals surface area contributed by atoms with Crippen LogP contribution in [-0.4, -0.2) is 34.9 Å². The van der Waals surface area contributed by atoms with E-state index in [1.54, 1.807) is 18.3 Å². The van der Waals surface area contributed by atoms with Crippen LogP contribution in [0.25, 0.3) is 11.3 Å². The van der Waals surface area contributed by atoms with Crippen LogP contribution in [0.1, 0.15) is 33.7 Å². The lowest BCUT2D eigenvalue weighted by molar-refractivity contribution is 0.0946. The van der Waals surface area contributed by atoms with Crippen LogP contribution in [0.5, 0.6) is 5.75 Å². The van der Waals surface area contributed by atoms with E-state index in [0.717, 1.165) is 18.4 Å². The van der Waals surface area contributed by atoms with Crippen LogP contribution in [-0.2, 0) is 0 Å². The first-order valence-electron chi connectivity index (χ1n) is 9.32. The first-order chi connectivity index (χ1) is 14.2. The molecule has 2 N–H and O–H groups in total. The molecule has 1 aromatic carbocycles.